The average Bonchev–Trinajstić information content (AvgIpc) is 2.76. The summed E-state index contributed by atoms with van der Waals surface area (Å²) in [7, 11) is -6.63. The van der Waals surface area contributed by atoms with E-state index in [0.29, 0.717) is 19.4 Å². The fourth-order valence-corrected chi connectivity index (χ4v) is 6.12. The van der Waals surface area contributed by atoms with E-state index in [2.05, 4.69) is 4.90 Å². The number of hydrogen-bond acceptors (Lipinski definition) is 5. The summed E-state index contributed by atoms with van der Waals surface area (Å²) in [5, 5.41) is 5.30. The molecule has 0 saturated carbocycles. The van der Waals surface area contributed by atoms with Crippen molar-refractivity contribution in [2.45, 2.75) is 24.2 Å². The van der Waals surface area contributed by atoms with Gasteiger partial charge in [-0.2, -0.15) is 0 Å². The van der Waals surface area contributed by atoms with E-state index in [0.717, 1.165) is 24.2 Å². The topological polar surface area (TPSA) is 97.5 Å². The van der Waals surface area contributed by atoms with Crippen molar-refractivity contribution < 1.29 is 16.8 Å². The summed E-state index contributed by atoms with van der Waals surface area (Å²) >= 11 is 0. The van der Waals surface area contributed by atoms with Gasteiger partial charge in [-0.3, -0.25) is 0 Å². The molecule has 0 radical (unpaired) electrons. The van der Waals surface area contributed by atoms with Crippen LogP contribution in [0.5, 0.6) is 0 Å². The van der Waals surface area contributed by atoms with Gasteiger partial charge in [0.2, 0.25) is 10.0 Å². The second-order valence-electron chi connectivity index (χ2n) is 6.12. The Morgan fingerprint density at radius 2 is 2.09 bits per heavy atom. The summed E-state index contributed by atoms with van der Waals surface area (Å²) in [6.45, 7) is 1.47. The SMILES string of the molecule is NS(=O)(=O)c1cccc2c1CCCN2C[C@@H]1CCS(=O)(=O)C1. The third kappa shape index (κ3) is 3.13. The van der Waals surface area contributed by atoms with Crippen LogP contribution < -0.4 is 10.0 Å². The van der Waals surface area contributed by atoms with Crippen LogP contribution in [-0.2, 0) is 26.3 Å². The molecule has 0 unspecified atom stereocenters. The Bertz CT molecular complexity index is 787. The molecule has 2 aliphatic rings. The third-order valence-electron chi connectivity index (χ3n) is 4.42. The molecule has 22 heavy (non-hydrogen) atoms. The monoisotopic (exact) mass is 344 g/mol. The first-order valence-corrected chi connectivity index (χ1v) is 10.7. The minimum atomic E-state index is -3.74. The molecule has 122 valence electrons. The summed E-state index contributed by atoms with van der Waals surface area (Å²) in [5.74, 6) is 0.609. The van der Waals surface area contributed by atoms with Crippen molar-refractivity contribution in [2.24, 2.45) is 11.1 Å². The molecule has 1 aromatic rings. The van der Waals surface area contributed by atoms with Crippen molar-refractivity contribution in [3.05, 3.63) is 23.8 Å². The van der Waals surface area contributed by atoms with Crippen LogP contribution in [0, 0.1) is 5.92 Å². The molecule has 0 bridgehead atoms. The number of benzene rings is 1. The predicted molar refractivity (Wildman–Crippen MR) is 85.1 cm³/mol. The van der Waals surface area contributed by atoms with Gasteiger partial charge in [0.15, 0.2) is 9.84 Å². The lowest BCUT2D eigenvalue weighted by atomic mass is 9.99. The van der Waals surface area contributed by atoms with Crippen molar-refractivity contribution in [3.8, 4) is 0 Å². The highest BCUT2D eigenvalue weighted by atomic mass is 32.2. The van der Waals surface area contributed by atoms with Gasteiger partial charge < -0.3 is 4.90 Å². The smallest absolute Gasteiger partial charge is 0.238 e. The van der Waals surface area contributed by atoms with Crippen LogP contribution in [0.3, 0.4) is 0 Å². The number of hydrogen-bond donors (Lipinski definition) is 1. The second kappa shape index (κ2) is 5.50. The number of sulfone groups is 1. The lowest BCUT2D eigenvalue weighted by Gasteiger charge is -2.33. The van der Waals surface area contributed by atoms with Crippen LogP contribution in [0.1, 0.15) is 18.4 Å². The molecule has 3 rings (SSSR count). The van der Waals surface area contributed by atoms with E-state index in [4.69, 9.17) is 5.14 Å². The Hall–Kier alpha value is -1.12. The van der Waals surface area contributed by atoms with E-state index in [1.165, 1.54) is 6.07 Å². The Morgan fingerprint density at radius 3 is 2.73 bits per heavy atom. The molecule has 1 aromatic carbocycles. The number of nitrogens with two attached hydrogens (primary N) is 1. The van der Waals surface area contributed by atoms with Gasteiger partial charge in [-0.25, -0.2) is 22.0 Å². The normalized spacial score (nSPS) is 24.2. The summed E-state index contributed by atoms with van der Waals surface area (Å²) < 4.78 is 46.6. The molecule has 6 nitrogen and oxygen atoms in total. The quantitative estimate of drug-likeness (QED) is 0.862. The zero-order chi connectivity index (χ0) is 16.0. The first kappa shape index (κ1) is 15.8. The molecule has 0 amide bonds. The molecular formula is C14H20N2O4S2. The van der Waals surface area contributed by atoms with E-state index >= 15 is 0 Å². The van der Waals surface area contributed by atoms with Crippen molar-refractivity contribution >= 4 is 25.5 Å². The van der Waals surface area contributed by atoms with Gasteiger partial charge in [0.25, 0.3) is 0 Å². The van der Waals surface area contributed by atoms with Crippen LogP contribution >= 0.6 is 0 Å². The number of rotatable bonds is 3. The van der Waals surface area contributed by atoms with Gasteiger partial charge >= 0.3 is 0 Å². The minimum absolute atomic E-state index is 0.120. The number of anilines is 1. The number of primary sulfonamides is 1. The molecule has 1 fully saturated rings. The molecule has 2 N–H and O–H groups in total. The maximum absolute atomic E-state index is 11.7. The van der Waals surface area contributed by atoms with Gasteiger partial charge in [-0.15, -0.1) is 0 Å². The molecule has 0 aromatic heterocycles. The zero-order valence-electron chi connectivity index (χ0n) is 12.2. The van der Waals surface area contributed by atoms with Crippen molar-refractivity contribution in [3.63, 3.8) is 0 Å². The first-order valence-electron chi connectivity index (χ1n) is 7.36. The number of fused-ring (bicyclic) bond motifs is 1. The fourth-order valence-electron chi connectivity index (χ4n) is 3.45. The van der Waals surface area contributed by atoms with Gasteiger partial charge in [0.05, 0.1) is 16.4 Å². The van der Waals surface area contributed by atoms with E-state index in [9.17, 15) is 16.8 Å². The summed E-state index contributed by atoms with van der Waals surface area (Å²) in [4.78, 5) is 2.30. The maximum atomic E-state index is 11.7. The molecule has 0 aliphatic carbocycles. The number of sulfonamides is 1. The number of nitrogens with zero attached hydrogens (tertiary/aromatic N) is 1. The van der Waals surface area contributed by atoms with E-state index in [1.54, 1.807) is 6.07 Å². The molecule has 1 saturated heterocycles. The van der Waals surface area contributed by atoms with E-state index in [1.807, 2.05) is 6.07 Å². The average molecular weight is 344 g/mol. The van der Waals surface area contributed by atoms with Crippen molar-refractivity contribution in [1.29, 1.82) is 0 Å². The lowest BCUT2D eigenvalue weighted by Crippen LogP contribution is -2.35. The van der Waals surface area contributed by atoms with Crippen molar-refractivity contribution in [2.75, 3.05) is 29.5 Å². The van der Waals surface area contributed by atoms with Crippen LogP contribution in [-0.4, -0.2) is 41.4 Å². The Kier molecular flexibility index (Phi) is 3.94. The maximum Gasteiger partial charge on any atom is 0.238 e. The standard InChI is InChI=1S/C14H20N2O4S2/c15-22(19,20)14-5-1-4-13-12(14)3-2-7-16(13)9-11-6-8-21(17,18)10-11/h1,4-5,11H,2-3,6-10H2,(H2,15,19,20)/t11-/m0/s1. The van der Waals surface area contributed by atoms with Gasteiger partial charge in [-0.05, 0) is 42.9 Å². The van der Waals surface area contributed by atoms with Crippen LogP contribution in [0.15, 0.2) is 23.1 Å². The molecular weight excluding hydrogens is 324 g/mol. The highest BCUT2D eigenvalue weighted by molar-refractivity contribution is 7.91. The highest BCUT2D eigenvalue weighted by Crippen LogP contribution is 2.33. The predicted octanol–water partition coefficient (Wildman–Crippen LogP) is 0.521. The van der Waals surface area contributed by atoms with E-state index in [-0.39, 0.29) is 22.3 Å². The molecule has 8 heteroatoms. The highest BCUT2D eigenvalue weighted by Gasteiger charge is 2.31. The van der Waals surface area contributed by atoms with Crippen LogP contribution in [0.25, 0.3) is 0 Å². The summed E-state index contributed by atoms with van der Waals surface area (Å²) in [5.41, 5.74) is 1.64. The lowest BCUT2D eigenvalue weighted by molar-refractivity contribution is 0.548. The Morgan fingerprint density at radius 1 is 1.32 bits per heavy atom. The molecule has 2 heterocycles. The Labute approximate surface area is 131 Å². The zero-order valence-corrected chi connectivity index (χ0v) is 13.9. The van der Waals surface area contributed by atoms with Gasteiger partial charge in [0, 0.05) is 18.8 Å². The molecule has 0 spiro atoms. The fraction of sp³-hybridized carbons (Fsp3) is 0.571. The summed E-state index contributed by atoms with van der Waals surface area (Å²) in [6.07, 6.45) is 2.21. The molecule has 2 aliphatic heterocycles. The third-order valence-corrected chi connectivity index (χ3v) is 7.25. The van der Waals surface area contributed by atoms with Gasteiger partial charge in [0.1, 0.15) is 0 Å². The first-order chi connectivity index (χ1) is 10.3. The Balaban J connectivity index is 1.89. The largest absolute Gasteiger partial charge is 0.371 e. The second-order valence-corrected chi connectivity index (χ2v) is 9.88. The van der Waals surface area contributed by atoms with Gasteiger partial charge in [-0.1, -0.05) is 6.07 Å². The van der Waals surface area contributed by atoms with E-state index < -0.39 is 19.9 Å². The minimum Gasteiger partial charge on any atom is -0.371 e. The van der Waals surface area contributed by atoms with Crippen LogP contribution in [0.2, 0.25) is 0 Å². The molecule has 1 atom stereocenters. The van der Waals surface area contributed by atoms with Crippen LogP contribution in [0.4, 0.5) is 5.69 Å². The van der Waals surface area contributed by atoms with Crippen molar-refractivity contribution in [1.82, 2.24) is 0 Å². The summed E-state index contributed by atoms with van der Waals surface area (Å²) in [6, 6.07) is 5.13.